The van der Waals surface area contributed by atoms with E-state index >= 15 is 0 Å². The molecular weight excluding hydrogens is 266 g/mol. The second-order valence-electron chi connectivity index (χ2n) is 3.03. The normalized spacial score (nSPS) is 10.0. The summed E-state index contributed by atoms with van der Waals surface area (Å²) in [4.78, 5) is 22.9. The van der Waals surface area contributed by atoms with Crippen LogP contribution in [0.1, 0.15) is 12.2 Å². The second-order valence-corrected chi connectivity index (χ2v) is 3.81. The molecule has 1 aromatic rings. The van der Waals surface area contributed by atoms with Crippen LogP contribution in [-0.4, -0.2) is 28.9 Å². The van der Waals surface area contributed by atoms with Gasteiger partial charge in [0.1, 0.15) is 12.2 Å². The fourth-order valence-corrected chi connectivity index (χ4v) is 1.36. The second kappa shape index (κ2) is 4.97. The van der Waals surface area contributed by atoms with Crippen LogP contribution in [0.25, 0.3) is 0 Å². The molecule has 0 unspecified atom stereocenters. The summed E-state index contributed by atoms with van der Waals surface area (Å²) in [5, 5.41) is 8.42. The summed E-state index contributed by atoms with van der Waals surface area (Å²) in [7, 11) is 1.53. The predicted molar refractivity (Wildman–Crippen MR) is 55.1 cm³/mol. The molecule has 0 aliphatic carbocycles. The average Bonchev–Trinajstić information content (AvgIpc) is 2.50. The van der Waals surface area contributed by atoms with Gasteiger partial charge < -0.3 is 14.4 Å². The smallest absolute Gasteiger partial charge is 0.312 e. The van der Waals surface area contributed by atoms with E-state index in [1.54, 1.807) is 12.1 Å². The van der Waals surface area contributed by atoms with Crippen molar-refractivity contribution in [2.75, 3.05) is 7.05 Å². The van der Waals surface area contributed by atoms with E-state index in [1.807, 2.05) is 0 Å². The van der Waals surface area contributed by atoms with Crippen molar-refractivity contribution in [2.24, 2.45) is 0 Å². The van der Waals surface area contributed by atoms with E-state index in [9.17, 15) is 9.59 Å². The number of amides is 1. The summed E-state index contributed by atoms with van der Waals surface area (Å²) >= 11 is 3.14. The van der Waals surface area contributed by atoms with Crippen molar-refractivity contribution in [1.82, 2.24) is 4.90 Å². The molecule has 6 heteroatoms. The lowest BCUT2D eigenvalue weighted by Gasteiger charge is -2.13. The van der Waals surface area contributed by atoms with Crippen LogP contribution in [0.2, 0.25) is 0 Å². The van der Waals surface area contributed by atoms with Crippen LogP contribution in [0.5, 0.6) is 0 Å². The SMILES string of the molecule is CN(Cc1ccc(Br)o1)C(=O)CC(=O)O. The third-order valence-corrected chi connectivity index (χ3v) is 2.18. The van der Waals surface area contributed by atoms with Gasteiger partial charge in [-0.15, -0.1) is 0 Å². The van der Waals surface area contributed by atoms with Crippen LogP contribution in [0, 0.1) is 0 Å². The predicted octanol–water partition coefficient (Wildman–Crippen LogP) is 1.48. The largest absolute Gasteiger partial charge is 0.481 e. The Balaban J connectivity index is 2.51. The third kappa shape index (κ3) is 3.75. The van der Waals surface area contributed by atoms with E-state index in [4.69, 9.17) is 9.52 Å². The number of halogens is 1. The number of furan rings is 1. The van der Waals surface area contributed by atoms with Gasteiger partial charge in [-0.3, -0.25) is 9.59 Å². The van der Waals surface area contributed by atoms with Gasteiger partial charge in [-0.25, -0.2) is 0 Å². The number of carboxylic acid groups (broad SMARTS) is 1. The minimum Gasteiger partial charge on any atom is -0.481 e. The first-order valence-electron chi connectivity index (χ1n) is 4.19. The van der Waals surface area contributed by atoms with Crippen LogP contribution < -0.4 is 0 Å². The molecular formula is C9H10BrNO4. The topological polar surface area (TPSA) is 70.8 Å². The Kier molecular flexibility index (Phi) is 3.90. The van der Waals surface area contributed by atoms with Crippen LogP contribution >= 0.6 is 15.9 Å². The van der Waals surface area contributed by atoms with Gasteiger partial charge in [0.15, 0.2) is 4.67 Å². The lowest BCUT2D eigenvalue weighted by Crippen LogP contribution is -2.27. The van der Waals surface area contributed by atoms with Gasteiger partial charge in [0.2, 0.25) is 5.91 Å². The lowest BCUT2D eigenvalue weighted by molar-refractivity contribution is -0.144. The van der Waals surface area contributed by atoms with Crippen LogP contribution in [0.3, 0.4) is 0 Å². The summed E-state index contributed by atoms with van der Waals surface area (Å²) in [5.41, 5.74) is 0. The molecule has 0 atom stereocenters. The molecule has 0 fully saturated rings. The lowest BCUT2D eigenvalue weighted by atomic mass is 10.3. The van der Waals surface area contributed by atoms with Crippen molar-refractivity contribution in [3.8, 4) is 0 Å². The van der Waals surface area contributed by atoms with Gasteiger partial charge >= 0.3 is 5.97 Å². The van der Waals surface area contributed by atoms with Crippen LogP contribution in [0.15, 0.2) is 21.2 Å². The van der Waals surface area contributed by atoms with E-state index in [1.165, 1.54) is 11.9 Å². The fraction of sp³-hybridized carbons (Fsp3) is 0.333. The Morgan fingerprint density at radius 3 is 2.67 bits per heavy atom. The summed E-state index contributed by atoms with van der Waals surface area (Å²) in [6.45, 7) is 0.262. The molecule has 15 heavy (non-hydrogen) atoms. The molecule has 0 aromatic carbocycles. The molecule has 0 saturated carbocycles. The maximum Gasteiger partial charge on any atom is 0.312 e. The van der Waals surface area contributed by atoms with Crippen molar-refractivity contribution >= 4 is 27.8 Å². The maximum atomic E-state index is 11.3. The summed E-state index contributed by atoms with van der Waals surface area (Å²) in [5.74, 6) is -0.981. The quantitative estimate of drug-likeness (QED) is 0.845. The molecule has 0 aliphatic heterocycles. The molecule has 1 aromatic heterocycles. The first-order chi connectivity index (χ1) is 6.99. The number of aliphatic carboxylic acids is 1. The molecule has 0 aliphatic rings. The Morgan fingerprint density at radius 2 is 2.20 bits per heavy atom. The zero-order valence-electron chi connectivity index (χ0n) is 8.07. The van der Waals surface area contributed by atoms with Crippen LogP contribution in [0.4, 0.5) is 0 Å². The van der Waals surface area contributed by atoms with E-state index in [2.05, 4.69) is 15.9 Å². The van der Waals surface area contributed by atoms with Crippen molar-refractivity contribution < 1.29 is 19.1 Å². The maximum absolute atomic E-state index is 11.3. The molecule has 1 heterocycles. The number of carbonyl (C=O) groups excluding carboxylic acids is 1. The molecule has 82 valence electrons. The van der Waals surface area contributed by atoms with E-state index in [-0.39, 0.29) is 6.54 Å². The first kappa shape index (κ1) is 11.8. The van der Waals surface area contributed by atoms with Crippen molar-refractivity contribution in [1.29, 1.82) is 0 Å². The number of hydrogen-bond donors (Lipinski definition) is 1. The van der Waals surface area contributed by atoms with Gasteiger partial charge in [0.05, 0.1) is 6.54 Å². The zero-order chi connectivity index (χ0) is 11.4. The molecule has 1 N–H and O–H groups in total. The van der Waals surface area contributed by atoms with Crippen molar-refractivity contribution in [3.05, 3.63) is 22.6 Å². The van der Waals surface area contributed by atoms with Gasteiger partial charge in [-0.2, -0.15) is 0 Å². The minimum absolute atomic E-state index is 0.262. The summed E-state index contributed by atoms with van der Waals surface area (Å²) in [6.07, 6.45) is -0.502. The van der Waals surface area contributed by atoms with Gasteiger partial charge in [0.25, 0.3) is 0 Å². The van der Waals surface area contributed by atoms with Crippen molar-refractivity contribution in [2.45, 2.75) is 13.0 Å². The molecule has 0 spiro atoms. The summed E-state index contributed by atoms with van der Waals surface area (Å²) in [6, 6.07) is 3.43. The highest BCUT2D eigenvalue weighted by molar-refractivity contribution is 9.10. The highest BCUT2D eigenvalue weighted by Gasteiger charge is 2.14. The van der Waals surface area contributed by atoms with Crippen LogP contribution in [-0.2, 0) is 16.1 Å². The number of carboxylic acids is 1. The van der Waals surface area contributed by atoms with Gasteiger partial charge in [-0.05, 0) is 28.1 Å². The Hall–Kier alpha value is -1.30. The molecule has 5 nitrogen and oxygen atoms in total. The van der Waals surface area contributed by atoms with E-state index < -0.39 is 18.3 Å². The first-order valence-corrected chi connectivity index (χ1v) is 4.98. The third-order valence-electron chi connectivity index (χ3n) is 1.75. The highest BCUT2D eigenvalue weighted by atomic mass is 79.9. The average molecular weight is 276 g/mol. The fourth-order valence-electron chi connectivity index (χ4n) is 1.02. The Bertz CT molecular complexity index is 374. The minimum atomic E-state index is -1.13. The number of rotatable bonds is 4. The number of hydrogen-bond acceptors (Lipinski definition) is 3. The Morgan fingerprint density at radius 1 is 1.53 bits per heavy atom. The number of carbonyl (C=O) groups is 2. The van der Waals surface area contributed by atoms with Crippen molar-refractivity contribution in [3.63, 3.8) is 0 Å². The molecule has 1 rings (SSSR count). The molecule has 0 bridgehead atoms. The standard InChI is InChI=1S/C9H10BrNO4/c1-11(8(12)4-9(13)14)5-6-2-3-7(10)15-6/h2-3H,4-5H2,1H3,(H,13,14). The Labute approximate surface area is 94.8 Å². The van der Waals surface area contributed by atoms with E-state index in [0.717, 1.165) is 0 Å². The molecule has 1 amide bonds. The zero-order valence-corrected chi connectivity index (χ0v) is 9.65. The molecule has 0 radical (unpaired) electrons. The van der Waals surface area contributed by atoms with Gasteiger partial charge in [0, 0.05) is 7.05 Å². The van der Waals surface area contributed by atoms with Gasteiger partial charge in [-0.1, -0.05) is 0 Å². The summed E-state index contributed by atoms with van der Waals surface area (Å²) < 4.78 is 5.76. The number of nitrogens with zero attached hydrogens (tertiary/aromatic N) is 1. The van der Waals surface area contributed by atoms with E-state index in [0.29, 0.717) is 10.4 Å². The molecule has 0 saturated heterocycles. The monoisotopic (exact) mass is 275 g/mol. The highest BCUT2D eigenvalue weighted by Crippen LogP contribution is 2.15.